The lowest BCUT2D eigenvalue weighted by molar-refractivity contribution is 0.151. The van der Waals surface area contributed by atoms with E-state index in [1.807, 2.05) is 17.0 Å². The largest absolute Gasteiger partial charge is 0.467 e. The van der Waals surface area contributed by atoms with E-state index in [0.29, 0.717) is 6.54 Å². The Labute approximate surface area is 95.0 Å². The molecule has 1 aliphatic heterocycles. The van der Waals surface area contributed by atoms with Gasteiger partial charge in [0.2, 0.25) is 0 Å². The number of hydrogen-bond donors (Lipinski definition) is 1. The van der Waals surface area contributed by atoms with Crippen LogP contribution in [0.3, 0.4) is 0 Å². The molecule has 0 radical (unpaired) electrons. The summed E-state index contributed by atoms with van der Waals surface area (Å²) in [7, 11) is 1.80. The number of carbonyl (C=O) groups is 1. The monoisotopic (exact) mass is 223 g/mol. The molecule has 2 rings (SSSR count). The molecule has 1 N–H and O–H groups in total. The number of urea groups is 1. The maximum absolute atomic E-state index is 12.0. The van der Waals surface area contributed by atoms with Crippen LogP contribution in [0, 0.1) is 0 Å². The summed E-state index contributed by atoms with van der Waals surface area (Å²) in [4.78, 5) is 15.6. The molecule has 1 aliphatic rings. The molecule has 2 heterocycles. The molecule has 88 valence electrons. The molecular formula is C11H17N3O2. The van der Waals surface area contributed by atoms with Crippen LogP contribution < -0.4 is 5.32 Å². The third-order valence-electron chi connectivity index (χ3n) is 2.69. The third kappa shape index (κ3) is 2.55. The molecule has 0 bridgehead atoms. The van der Waals surface area contributed by atoms with Gasteiger partial charge in [0, 0.05) is 33.2 Å². The zero-order valence-corrected chi connectivity index (χ0v) is 9.48. The van der Waals surface area contributed by atoms with Gasteiger partial charge >= 0.3 is 6.03 Å². The molecule has 2 amide bonds. The van der Waals surface area contributed by atoms with Gasteiger partial charge in [0.15, 0.2) is 0 Å². The van der Waals surface area contributed by atoms with Crippen molar-refractivity contribution < 1.29 is 9.21 Å². The lowest BCUT2D eigenvalue weighted by Crippen LogP contribution is -2.50. The van der Waals surface area contributed by atoms with Crippen LogP contribution in [0.1, 0.15) is 5.76 Å². The van der Waals surface area contributed by atoms with Gasteiger partial charge in [-0.15, -0.1) is 0 Å². The summed E-state index contributed by atoms with van der Waals surface area (Å²) < 4.78 is 5.22. The van der Waals surface area contributed by atoms with Crippen LogP contribution in [-0.2, 0) is 6.54 Å². The Kier molecular flexibility index (Phi) is 3.46. The first kappa shape index (κ1) is 11.0. The van der Waals surface area contributed by atoms with E-state index in [1.54, 1.807) is 18.2 Å². The van der Waals surface area contributed by atoms with E-state index in [2.05, 4.69) is 5.32 Å². The summed E-state index contributed by atoms with van der Waals surface area (Å²) in [5.74, 6) is 0.811. The summed E-state index contributed by atoms with van der Waals surface area (Å²) >= 11 is 0. The Balaban J connectivity index is 1.88. The molecule has 0 aliphatic carbocycles. The SMILES string of the molecule is CN(Cc1ccco1)C(=O)N1CCNCC1. The number of nitrogens with one attached hydrogen (secondary N) is 1. The zero-order valence-electron chi connectivity index (χ0n) is 9.48. The fraction of sp³-hybridized carbons (Fsp3) is 0.545. The third-order valence-corrected chi connectivity index (χ3v) is 2.69. The van der Waals surface area contributed by atoms with Gasteiger partial charge in [-0.3, -0.25) is 0 Å². The molecule has 1 aromatic heterocycles. The van der Waals surface area contributed by atoms with Crippen LogP contribution in [0.2, 0.25) is 0 Å². The van der Waals surface area contributed by atoms with Crippen molar-refractivity contribution in [1.82, 2.24) is 15.1 Å². The van der Waals surface area contributed by atoms with E-state index in [4.69, 9.17) is 4.42 Å². The highest BCUT2D eigenvalue weighted by atomic mass is 16.3. The Morgan fingerprint density at radius 1 is 1.56 bits per heavy atom. The second kappa shape index (κ2) is 5.03. The van der Waals surface area contributed by atoms with E-state index in [1.165, 1.54) is 0 Å². The van der Waals surface area contributed by atoms with Gasteiger partial charge in [0.1, 0.15) is 5.76 Å². The average Bonchev–Trinajstić information content (AvgIpc) is 2.82. The molecule has 0 spiro atoms. The van der Waals surface area contributed by atoms with E-state index in [-0.39, 0.29) is 6.03 Å². The Hall–Kier alpha value is -1.49. The number of hydrogen-bond acceptors (Lipinski definition) is 3. The predicted molar refractivity (Wildman–Crippen MR) is 60.0 cm³/mol. The second-order valence-electron chi connectivity index (χ2n) is 3.96. The van der Waals surface area contributed by atoms with Crippen molar-refractivity contribution in [3.8, 4) is 0 Å². The maximum Gasteiger partial charge on any atom is 0.320 e. The number of furan rings is 1. The van der Waals surface area contributed by atoms with E-state index >= 15 is 0 Å². The number of rotatable bonds is 2. The minimum Gasteiger partial charge on any atom is -0.467 e. The molecule has 0 atom stereocenters. The molecule has 0 saturated carbocycles. The summed E-state index contributed by atoms with van der Waals surface area (Å²) in [6.45, 7) is 3.83. The molecule has 5 heteroatoms. The van der Waals surface area contributed by atoms with Crippen molar-refractivity contribution in [2.75, 3.05) is 33.2 Å². The van der Waals surface area contributed by atoms with Gasteiger partial charge in [-0.1, -0.05) is 0 Å². The zero-order chi connectivity index (χ0) is 11.4. The quantitative estimate of drug-likeness (QED) is 0.804. The summed E-state index contributed by atoms with van der Waals surface area (Å²) in [6.07, 6.45) is 1.62. The second-order valence-corrected chi connectivity index (χ2v) is 3.96. The minimum absolute atomic E-state index is 0.0675. The normalized spacial score (nSPS) is 16.2. The van der Waals surface area contributed by atoms with E-state index < -0.39 is 0 Å². The molecular weight excluding hydrogens is 206 g/mol. The summed E-state index contributed by atoms with van der Waals surface area (Å²) in [5.41, 5.74) is 0. The van der Waals surface area contributed by atoms with Crippen molar-refractivity contribution in [1.29, 1.82) is 0 Å². The van der Waals surface area contributed by atoms with Crippen LogP contribution >= 0.6 is 0 Å². The molecule has 1 fully saturated rings. The first-order valence-electron chi connectivity index (χ1n) is 5.50. The molecule has 0 aromatic carbocycles. The van der Waals surface area contributed by atoms with Crippen LogP contribution in [0.15, 0.2) is 22.8 Å². The van der Waals surface area contributed by atoms with Crippen LogP contribution in [0.4, 0.5) is 4.79 Å². The highest BCUT2D eigenvalue weighted by molar-refractivity contribution is 5.74. The Morgan fingerprint density at radius 3 is 2.94 bits per heavy atom. The van der Waals surface area contributed by atoms with Crippen LogP contribution in [-0.4, -0.2) is 49.1 Å². The van der Waals surface area contributed by atoms with E-state index in [0.717, 1.165) is 31.9 Å². The van der Waals surface area contributed by atoms with Gasteiger partial charge in [-0.05, 0) is 12.1 Å². The summed E-state index contributed by atoms with van der Waals surface area (Å²) in [6, 6.07) is 3.78. The number of carbonyl (C=O) groups excluding carboxylic acids is 1. The molecule has 0 unspecified atom stereocenters. The Morgan fingerprint density at radius 2 is 2.31 bits per heavy atom. The van der Waals surface area contributed by atoms with Crippen molar-refractivity contribution >= 4 is 6.03 Å². The minimum atomic E-state index is 0.0675. The van der Waals surface area contributed by atoms with E-state index in [9.17, 15) is 4.79 Å². The van der Waals surface area contributed by atoms with Gasteiger partial charge < -0.3 is 19.5 Å². The predicted octanol–water partition coefficient (Wildman–Crippen LogP) is 0.737. The van der Waals surface area contributed by atoms with Crippen LogP contribution in [0.25, 0.3) is 0 Å². The van der Waals surface area contributed by atoms with Crippen molar-refractivity contribution in [2.24, 2.45) is 0 Å². The first-order valence-corrected chi connectivity index (χ1v) is 5.50. The number of piperazine rings is 1. The number of amides is 2. The highest BCUT2D eigenvalue weighted by Gasteiger charge is 2.20. The van der Waals surface area contributed by atoms with Crippen LogP contribution in [0.5, 0.6) is 0 Å². The van der Waals surface area contributed by atoms with Gasteiger partial charge in [-0.2, -0.15) is 0 Å². The maximum atomic E-state index is 12.0. The molecule has 1 saturated heterocycles. The number of nitrogens with zero attached hydrogens (tertiary/aromatic N) is 2. The molecule has 5 nitrogen and oxygen atoms in total. The fourth-order valence-corrected chi connectivity index (χ4v) is 1.80. The Bertz CT molecular complexity index is 331. The van der Waals surface area contributed by atoms with Crippen molar-refractivity contribution in [2.45, 2.75) is 6.54 Å². The topological polar surface area (TPSA) is 48.7 Å². The average molecular weight is 223 g/mol. The lowest BCUT2D eigenvalue weighted by atomic mass is 10.3. The van der Waals surface area contributed by atoms with Gasteiger partial charge in [-0.25, -0.2) is 4.79 Å². The van der Waals surface area contributed by atoms with Crippen molar-refractivity contribution in [3.63, 3.8) is 0 Å². The fourth-order valence-electron chi connectivity index (χ4n) is 1.80. The standard InChI is InChI=1S/C11H17N3O2/c1-13(9-10-3-2-8-16-10)11(15)14-6-4-12-5-7-14/h2-3,8,12H,4-7,9H2,1H3. The first-order chi connectivity index (χ1) is 7.77. The van der Waals surface area contributed by atoms with Crippen molar-refractivity contribution in [3.05, 3.63) is 24.2 Å². The smallest absolute Gasteiger partial charge is 0.320 e. The molecule has 16 heavy (non-hydrogen) atoms. The summed E-state index contributed by atoms with van der Waals surface area (Å²) in [5, 5.41) is 3.22. The molecule has 1 aromatic rings. The van der Waals surface area contributed by atoms with Gasteiger partial charge in [0.25, 0.3) is 0 Å². The van der Waals surface area contributed by atoms with Gasteiger partial charge in [0.05, 0.1) is 12.8 Å². The lowest BCUT2D eigenvalue weighted by Gasteiger charge is -2.31. The highest BCUT2D eigenvalue weighted by Crippen LogP contribution is 2.06.